The van der Waals surface area contributed by atoms with Crippen LogP contribution in [0.25, 0.3) is 0 Å². The second kappa shape index (κ2) is 8.08. The molecule has 6 nitrogen and oxygen atoms in total. The van der Waals surface area contributed by atoms with E-state index < -0.39 is 23.9 Å². The van der Waals surface area contributed by atoms with E-state index in [1.54, 1.807) is 45.0 Å². The molecule has 2 atom stereocenters. The van der Waals surface area contributed by atoms with Gasteiger partial charge in [-0.3, -0.25) is 4.79 Å². The first-order chi connectivity index (χ1) is 10.6. The van der Waals surface area contributed by atoms with Gasteiger partial charge in [-0.2, -0.15) is 0 Å². The maximum absolute atomic E-state index is 11.6. The zero-order valence-electron chi connectivity index (χ0n) is 14.0. The number of rotatable bonds is 6. The minimum absolute atomic E-state index is 0.0361. The van der Waals surface area contributed by atoms with Crippen molar-refractivity contribution in [2.24, 2.45) is 0 Å². The van der Waals surface area contributed by atoms with Gasteiger partial charge in [-0.25, -0.2) is 4.79 Å². The SMILES string of the molecule is CC(=O)Cc1ccccc1C(O)C(O)CNC(=O)OC(C)(C)C. The molecule has 0 aliphatic heterocycles. The van der Waals surface area contributed by atoms with Gasteiger partial charge in [0.1, 0.15) is 23.6 Å². The monoisotopic (exact) mass is 323 g/mol. The van der Waals surface area contributed by atoms with Crippen molar-refractivity contribution >= 4 is 11.9 Å². The Labute approximate surface area is 136 Å². The Kier molecular flexibility index (Phi) is 6.72. The van der Waals surface area contributed by atoms with Crippen molar-refractivity contribution in [1.29, 1.82) is 0 Å². The molecule has 0 saturated heterocycles. The van der Waals surface area contributed by atoms with Crippen molar-refractivity contribution in [2.45, 2.75) is 51.9 Å². The lowest BCUT2D eigenvalue weighted by atomic mass is 9.95. The van der Waals surface area contributed by atoms with Crippen LogP contribution in [0.5, 0.6) is 0 Å². The smallest absolute Gasteiger partial charge is 0.407 e. The number of Topliss-reactive ketones (excluding diaryl/α,β-unsaturated/α-hetero) is 1. The van der Waals surface area contributed by atoms with Crippen LogP contribution in [0.2, 0.25) is 0 Å². The molecule has 3 N–H and O–H groups in total. The van der Waals surface area contributed by atoms with Crippen molar-refractivity contribution in [3.63, 3.8) is 0 Å². The Bertz CT molecular complexity index is 550. The first-order valence-electron chi connectivity index (χ1n) is 7.50. The summed E-state index contributed by atoms with van der Waals surface area (Å²) in [5, 5.41) is 22.8. The summed E-state index contributed by atoms with van der Waals surface area (Å²) in [5.74, 6) is -0.0361. The number of amides is 1. The van der Waals surface area contributed by atoms with Crippen LogP contribution in [0, 0.1) is 0 Å². The van der Waals surface area contributed by atoms with E-state index in [1.165, 1.54) is 6.92 Å². The van der Waals surface area contributed by atoms with Gasteiger partial charge in [0.05, 0.1) is 0 Å². The normalized spacial score (nSPS) is 14.0. The molecule has 1 aromatic carbocycles. The summed E-state index contributed by atoms with van der Waals surface area (Å²) in [4.78, 5) is 22.9. The van der Waals surface area contributed by atoms with Gasteiger partial charge in [0.15, 0.2) is 0 Å². The van der Waals surface area contributed by atoms with Crippen LogP contribution in [0.1, 0.15) is 44.9 Å². The summed E-state index contributed by atoms with van der Waals surface area (Å²) in [6.07, 6.45) is -2.91. The maximum atomic E-state index is 11.6. The standard InChI is InChI=1S/C17H25NO5/c1-11(19)9-12-7-5-6-8-13(12)15(21)14(20)10-18-16(22)23-17(2,3)4/h5-8,14-15,20-21H,9-10H2,1-4H3,(H,18,22). The minimum Gasteiger partial charge on any atom is -0.444 e. The molecule has 2 unspecified atom stereocenters. The fourth-order valence-corrected chi connectivity index (χ4v) is 2.07. The fraction of sp³-hybridized carbons (Fsp3) is 0.529. The predicted octanol–water partition coefficient (Wildman–Crippen LogP) is 1.74. The average Bonchev–Trinajstić information content (AvgIpc) is 2.42. The van der Waals surface area contributed by atoms with Gasteiger partial charge in [0, 0.05) is 13.0 Å². The van der Waals surface area contributed by atoms with Crippen LogP contribution in [-0.2, 0) is 16.0 Å². The number of benzene rings is 1. The lowest BCUT2D eigenvalue weighted by Crippen LogP contribution is -2.39. The van der Waals surface area contributed by atoms with Crippen molar-refractivity contribution in [1.82, 2.24) is 5.32 Å². The summed E-state index contributed by atoms with van der Waals surface area (Å²) in [6.45, 7) is 6.50. The molecule has 0 saturated carbocycles. The number of carbonyl (C=O) groups is 2. The molecule has 1 amide bonds. The van der Waals surface area contributed by atoms with E-state index in [2.05, 4.69) is 5.32 Å². The topological polar surface area (TPSA) is 95.9 Å². The van der Waals surface area contributed by atoms with E-state index in [1.807, 2.05) is 0 Å². The highest BCUT2D eigenvalue weighted by molar-refractivity contribution is 5.78. The molecule has 0 bridgehead atoms. The van der Waals surface area contributed by atoms with Gasteiger partial charge in [0.2, 0.25) is 0 Å². The van der Waals surface area contributed by atoms with Crippen LogP contribution in [0.4, 0.5) is 4.79 Å². The van der Waals surface area contributed by atoms with Gasteiger partial charge in [0.25, 0.3) is 0 Å². The van der Waals surface area contributed by atoms with Crippen molar-refractivity contribution in [3.05, 3.63) is 35.4 Å². The number of nitrogens with one attached hydrogen (secondary N) is 1. The summed E-state index contributed by atoms with van der Waals surface area (Å²) in [7, 11) is 0. The lowest BCUT2D eigenvalue weighted by Gasteiger charge is -2.23. The number of hydrogen-bond donors (Lipinski definition) is 3. The van der Waals surface area contributed by atoms with Crippen LogP contribution < -0.4 is 5.32 Å². The summed E-state index contributed by atoms with van der Waals surface area (Å²) in [6, 6.07) is 6.86. The van der Waals surface area contributed by atoms with Gasteiger partial charge < -0.3 is 20.3 Å². The highest BCUT2D eigenvalue weighted by Crippen LogP contribution is 2.22. The quantitative estimate of drug-likeness (QED) is 0.741. The second-order valence-electron chi connectivity index (χ2n) is 6.47. The number of alkyl carbamates (subject to hydrolysis) is 1. The lowest BCUT2D eigenvalue weighted by molar-refractivity contribution is -0.116. The first-order valence-corrected chi connectivity index (χ1v) is 7.50. The van der Waals surface area contributed by atoms with Gasteiger partial charge in [-0.05, 0) is 38.8 Å². The second-order valence-corrected chi connectivity index (χ2v) is 6.47. The number of ketones is 1. The van der Waals surface area contributed by atoms with Crippen LogP contribution in [-0.4, -0.2) is 40.3 Å². The molecule has 0 aromatic heterocycles. The van der Waals surface area contributed by atoms with E-state index in [0.717, 1.165) is 0 Å². The Morgan fingerprint density at radius 3 is 2.39 bits per heavy atom. The largest absolute Gasteiger partial charge is 0.444 e. The molecule has 1 rings (SSSR count). The van der Waals surface area contributed by atoms with Gasteiger partial charge >= 0.3 is 6.09 Å². The average molecular weight is 323 g/mol. The van der Waals surface area contributed by atoms with Crippen LogP contribution in [0.3, 0.4) is 0 Å². The molecule has 6 heteroatoms. The number of hydrogen-bond acceptors (Lipinski definition) is 5. The summed E-state index contributed by atoms with van der Waals surface area (Å²) in [5.41, 5.74) is 0.492. The zero-order chi connectivity index (χ0) is 17.6. The molecule has 0 heterocycles. The molecular weight excluding hydrogens is 298 g/mol. The van der Waals surface area contributed by atoms with E-state index in [4.69, 9.17) is 4.74 Å². The Morgan fingerprint density at radius 1 is 1.22 bits per heavy atom. The fourth-order valence-electron chi connectivity index (χ4n) is 2.07. The van der Waals surface area contributed by atoms with E-state index in [-0.39, 0.29) is 18.7 Å². The van der Waals surface area contributed by atoms with Gasteiger partial charge in [-0.1, -0.05) is 24.3 Å². The minimum atomic E-state index is -1.21. The molecule has 0 aliphatic carbocycles. The highest BCUT2D eigenvalue weighted by atomic mass is 16.6. The third-order valence-electron chi connectivity index (χ3n) is 3.03. The molecular formula is C17H25NO5. The molecule has 0 radical (unpaired) electrons. The molecule has 128 valence electrons. The predicted molar refractivity (Wildman–Crippen MR) is 86.0 cm³/mol. The van der Waals surface area contributed by atoms with Crippen molar-refractivity contribution in [2.75, 3.05) is 6.54 Å². The van der Waals surface area contributed by atoms with Crippen molar-refractivity contribution in [3.8, 4) is 0 Å². The number of ether oxygens (including phenoxy) is 1. The zero-order valence-corrected chi connectivity index (χ0v) is 14.0. The third-order valence-corrected chi connectivity index (χ3v) is 3.03. The van der Waals surface area contributed by atoms with Gasteiger partial charge in [-0.15, -0.1) is 0 Å². The number of carbonyl (C=O) groups excluding carboxylic acids is 2. The maximum Gasteiger partial charge on any atom is 0.407 e. The molecule has 0 spiro atoms. The third kappa shape index (κ3) is 6.80. The Balaban J connectivity index is 2.68. The Morgan fingerprint density at radius 2 is 1.83 bits per heavy atom. The highest BCUT2D eigenvalue weighted by Gasteiger charge is 2.23. The van der Waals surface area contributed by atoms with E-state index >= 15 is 0 Å². The number of aliphatic hydroxyl groups is 2. The number of aliphatic hydroxyl groups excluding tert-OH is 2. The Hall–Kier alpha value is -1.92. The first kappa shape index (κ1) is 19.1. The van der Waals surface area contributed by atoms with E-state index in [9.17, 15) is 19.8 Å². The van der Waals surface area contributed by atoms with Crippen LogP contribution >= 0.6 is 0 Å². The van der Waals surface area contributed by atoms with E-state index in [0.29, 0.717) is 11.1 Å². The summed E-state index contributed by atoms with van der Waals surface area (Å²) >= 11 is 0. The van der Waals surface area contributed by atoms with Crippen molar-refractivity contribution < 1.29 is 24.5 Å². The molecule has 0 aliphatic rings. The molecule has 1 aromatic rings. The van der Waals surface area contributed by atoms with Crippen LogP contribution in [0.15, 0.2) is 24.3 Å². The molecule has 0 fully saturated rings. The molecule has 23 heavy (non-hydrogen) atoms. The summed E-state index contributed by atoms with van der Waals surface area (Å²) < 4.78 is 5.06.